The molecule has 5 heteroatoms. The molecular formula is C18H26ClNO2S. The summed E-state index contributed by atoms with van der Waals surface area (Å²) in [6.45, 7) is 8.66. The molecular weight excluding hydrogens is 330 g/mol. The standard InChI is InChI=1S/C18H26ClNO2S/c1-13(2)22-17-18(3,4)15(19)16(21)20(17)10-11-23-12-14-8-6-5-7-9-14/h5-9,13,15,17H,10-12H2,1-4H3. The van der Waals surface area contributed by atoms with Crippen LogP contribution in [0, 0.1) is 5.41 Å². The Labute approximate surface area is 148 Å². The molecule has 1 saturated heterocycles. The predicted molar refractivity (Wildman–Crippen MR) is 97.7 cm³/mol. The second-order valence-corrected chi connectivity index (χ2v) is 8.33. The third-order valence-electron chi connectivity index (χ3n) is 4.06. The van der Waals surface area contributed by atoms with Gasteiger partial charge in [0.2, 0.25) is 5.91 Å². The fourth-order valence-electron chi connectivity index (χ4n) is 2.77. The number of rotatable bonds is 7. The van der Waals surface area contributed by atoms with Gasteiger partial charge < -0.3 is 9.64 Å². The van der Waals surface area contributed by atoms with Gasteiger partial charge in [0.05, 0.1) is 6.10 Å². The number of carbonyl (C=O) groups is 1. The highest BCUT2D eigenvalue weighted by atomic mass is 35.5. The van der Waals surface area contributed by atoms with Crippen LogP contribution >= 0.6 is 23.4 Å². The molecule has 2 rings (SSSR count). The summed E-state index contributed by atoms with van der Waals surface area (Å²) in [5, 5.41) is -0.523. The van der Waals surface area contributed by atoms with E-state index in [4.69, 9.17) is 16.3 Å². The van der Waals surface area contributed by atoms with Gasteiger partial charge in [0.1, 0.15) is 11.6 Å². The van der Waals surface area contributed by atoms with Gasteiger partial charge in [0.25, 0.3) is 0 Å². The zero-order valence-electron chi connectivity index (χ0n) is 14.3. The second-order valence-electron chi connectivity index (χ2n) is 6.79. The number of hydrogen-bond donors (Lipinski definition) is 0. The number of carbonyl (C=O) groups excluding carboxylic acids is 1. The predicted octanol–water partition coefficient (Wildman–Crippen LogP) is 4.15. The monoisotopic (exact) mass is 355 g/mol. The van der Waals surface area contributed by atoms with E-state index >= 15 is 0 Å². The van der Waals surface area contributed by atoms with Crippen LogP contribution in [0.2, 0.25) is 0 Å². The first-order valence-electron chi connectivity index (χ1n) is 8.05. The van der Waals surface area contributed by atoms with Crippen molar-refractivity contribution < 1.29 is 9.53 Å². The maximum atomic E-state index is 12.5. The normalized spacial score (nSPS) is 23.7. The van der Waals surface area contributed by atoms with Crippen molar-refractivity contribution in [2.45, 2.75) is 51.2 Å². The molecule has 0 spiro atoms. The summed E-state index contributed by atoms with van der Waals surface area (Å²) in [5.74, 6) is 1.81. The molecule has 23 heavy (non-hydrogen) atoms. The van der Waals surface area contributed by atoms with Crippen LogP contribution in [0.3, 0.4) is 0 Å². The average molecular weight is 356 g/mol. The molecule has 0 aromatic heterocycles. The first-order chi connectivity index (χ1) is 10.8. The maximum absolute atomic E-state index is 12.5. The lowest BCUT2D eigenvalue weighted by Crippen LogP contribution is -2.43. The van der Waals surface area contributed by atoms with Crippen LogP contribution in [0.15, 0.2) is 30.3 Å². The van der Waals surface area contributed by atoms with Gasteiger partial charge in [-0.2, -0.15) is 11.8 Å². The van der Waals surface area contributed by atoms with Crippen molar-refractivity contribution in [3.05, 3.63) is 35.9 Å². The molecule has 1 fully saturated rings. The summed E-state index contributed by atoms with van der Waals surface area (Å²) in [6.07, 6.45) is -0.191. The fourth-order valence-corrected chi connectivity index (χ4v) is 3.90. The zero-order chi connectivity index (χ0) is 17.0. The molecule has 1 amide bonds. The summed E-state index contributed by atoms with van der Waals surface area (Å²) in [4.78, 5) is 14.3. The smallest absolute Gasteiger partial charge is 0.243 e. The number of ether oxygens (including phenoxy) is 1. The molecule has 0 N–H and O–H groups in total. The number of hydrogen-bond acceptors (Lipinski definition) is 3. The third kappa shape index (κ3) is 4.43. The number of halogens is 1. The first kappa shape index (κ1) is 18.6. The number of alkyl halides is 1. The SMILES string of the molecule is CC(C)OC1N(CCSCc2ccccc2)C(=O)C(Cl)C1(C)C. The fraction of sp³-hybridized carbons (Fsp3) is 0.611. The van der Waals surface area contributed by atoms with Crippen LogP contribution in [-0.2, 0) is 15.3 Å². The van der Waals surface area contributed by atoms with Crippen LogP contribution in [0.25, 0.3) is 0 Å². The Morgan fingerprint density at radius 3 is 2.57 bits per heavy atom. The van der Waals surface area contributed by atoms with Gasteiger partial charge in [-0.25, -0.2) is 0 Å². The van der Waals surface area contributed by atoms with E-state index in [1.54, 1.807) is 0 Å². The molecule has 1 aromatic carbocycles. The van der Waals surface area contributed by atoms with Crippen LogP contribution in [0.5, 0.6) is 0 Å². The van der Waals surface area contributed by atoms with E-state index < -0.39 is 5.38 Å². The molecule has 2 unspecified atom stereocenters. The van der Waals surface area contributed by atoms with E-state index in [2.05, 4.69) is 12.1 Å². The Balaban J connectivity index is 1.92. The Morgan fingerprint density at radius 2 is 1.96 bits per heavy atom. The lowest BCUT2D eigenvalue weighted by molar-refractivity contribution is -0.143. The van der Waals surface area contributed by atoms with Crippen molar-refractivity contribution in [3.8, 4) is 0 Å². The van der Waals surface area contributed by atoms with Gasteiger partial charge in [0.15, 0.2) is 0 Å². The highest BCUT2D eigenvalue weighted by molar-refractivity contribution is 7.98. The topological polar surface area (TPSA) is 29.5 Å². The molecule has 1 aliphatic rings. The van der Waals surface area contributed by atoms with Crippen LogP contribution in [-0.4, -0.2) is 40.8 Å². The Morgan fingerprint density at radius 1 is 1.30 bits per heavy atom. The summed E-state index contributed by atoms with van der Waals surface area (Å²) in [6, 6.07) is 10.4. The molecule has 0 bridgehead atoms. The van der Waals surface area contributed by atoms with E-state index in [1.807, 2.05) is 62.6 Å². The van der Waals surface area contributed by atoms with Gasteiger partial charge in [-0.3, -0.25) is 4.79 Å². The van der Waals surface area contributed by atoms with Crippen molar-refractivity contribution in [1.29, 1.82) is 0 Å². The molecule has 0 radical (unpaired) electrons. The lowest BCUT2D eigenvalue weighted by atomic mass is 9.90. The highest BCUT2D eigenvalue weighted by Crippen LogP contribution is 2.41. The van der Waals surface area contributed by atoms with Crippen molar-refractivity contribution >= 4 is 29.3 Å². The summed E-state index contributed by atoms with van der Waals surface area (Å²) >= 11 is 8.18. The van der Waals surface area contributed by atoms with Crippen molar-refractivity contribution in [1.82, 2.24) is 4.90 Å². The average Bonchev–Trinajstić information content (AvgIpc) is 2.66. The van der Waals surface area contributed by atoms with Crippen LogP contribution in [0.1, 0.15) is 33.3 Å². The number of amides is 1. The van der Waals surface area contributed by atoms with Gasteiger partial charge in [-0.15, -0.1) is 11.6 Å². The van der Waals surface area contributed by atoms with Gasteiger partial charge in [0, 0.05) is 23.5 Å². The van der Waals surface area contributed by atoms with Crippen molar-refractivity contribution in [3.63, 3.8) is 0 Å². The molecule has 1 aromatic rings. The molecule has 2 atom stereocenters. The second kappa shape index (κ2) is 7.91. The van der Waals surface area contributed by atoms with E-state index in [0.29, 0.717) is 6.54 Å². The minimum absolute atomic E-state index is 0.0115. The quantitative estimate of drug-likeness (QED) is 0.543. The molecule has 128 valence electrons. The molecule has 1 heterocycles. The Hall–Kier alpha value is -0.710. The number of nitrogens with zero attached hydrogens (tertiary/aromatic N) is 1. The van der Waals surface area contributed by atoms with Crippen LogP contribution in [0.4, 0.5) is 0 Å². The van der Waals surface area contributed by atoms with Gasteiger partial charge in [-0.1, -0.05) is 44.2 Å². The maximum Gasteiger partial charge on any atom is 0.243 e. The number of likely N-dealkylation sites (tertiary alicyclic amines) is 1. The molecule has 0 saturated carbocycles. The third-order valence-corrected chi connectivity index (χ3v) is 5.82. The van der Waals surface area contributed by atoms with Gasteiger partial charge >= 0.3 is 0 Å². The molecule has 1 aliphatic heterocycles. The van der Waals surface area contributed by atoms with E-state index in [0.717, 1.165) is 11.5 Å². The van der Waals surface area contributed by atoms with E-state index in [9.17, 15) is 4.79 Å². The van der Waals surface area contributed by atoms with E-state index in [1.165, 1.54) is 5.56 Å². The summed E-state index contributed by atoms with van der Waals surface area (Å²) < 4.78 is 6.01. The number of benzene rings is 1. The van der Waals surface area contributed by atoms with Crippen molar-refractivity contribution in [2.75, 3.05) is 12.3 Å². The first-order valence-corrected chi connectivity index (χ1v) is 9.65. The zero-order valence-corrected chi connectivity index (χ0v) is 15.9. The molecule has 3 nitrogen and oxygen atoms in total. The Bertz CT molecular complexity index is 521. The van der Waals surface area contributed by atoms with Gasteiger partial charge in [-0.05, 0) is 19.4 Å². The largest absolute Gasteiger partial charge is 0.355 e. The summed E-state index contributed by atoms with van der Waals surface area (Å²) in [7, 11) is 0. The Kier molecular flexibility index (Phi) is 6.40. The summed E-state index contributed by atoms with van der Waals surface area (Å²) in [5.41, 5.74) is 0.920. The van der Waals surface area contributed by atoms with Crippen molar-refractivity contribution in [2.24, 2.45) is 5.41 Å². The minimum Gasteiger partial charge on any atom is -0.355 e. The number of thioether (sulfide) groups is 1. The lowest BCUT2D eigenvalue weighted by Gasteiger charge is -2.34. The minimum atomic E-state index is -0.523. The highest BCUT2D eigenvalue weighted by Gasteiger charge is 2.53. The van der Waals surface area contributed by atoms with E-state index in [-0.39, 0.29) is 23.7 Å². The van der Waals surface area contributed by atoms with Crippen LogP contribution < -0.4 is 0 Å². The molecule has 0 aliphatic carbocycles.